The first kappa shape index (κ1) is 11.8. The van der Waals surface area contributed by atoms with Gasteiger partial charge in [-0.1, -0.05) is 0 Å². The number of hydrogen-bond acceptors (Lipinski definition) is 4. The maximum Gasteiger partial charge on any atom is 0.255 e. The van der Waals surface area contributed by atoms with Gasteiger partial charge in [0.1, 0.15) is 5.60 Å². The van der Waals surface area contributed by atoms with Crippen molar-refractivity contribution in [3.63, 3.8) is 0 Å². The first-order chi connectivity index (χ1) is 7.67. The predicted molar refractivity (Wildman–Crippen MR) is 57.0 cm³/mol. The van der Waals surface area contributed by atoms with Crippen LogP contribution >= 0.6 is 0 Å². The lowest BCUT2D eigenvalue weighted by Gasteiger charge is -2.38. The van der Waals surface area contributed by atoms with Gasteiger partial charge in [-0.25, -0.2) is 0 Å². The summed E-state index contributed by atoms with van der Waals surface area (Å²) in [5, 5.41) is 9.22. The molecule has 2 aliphatic rings. The molecule has 2 saturated heterocycles. The van der Waals surface area contributed by atoms with Crippen LogP contribution in [-0.4, -0.2) is 60.5 Å². The Morgan fingerprint density at radius 2 is 2.38 bits per heavy atom. The topological polar surface area (TPSA) is 59.0 Å². The predicted octanol–water partition coefficient (Wildman–Crippen LogP) is -0.225. The molecule has 92 valence electrons. The number of carbonyl (C=O) groups excluding carboxylic acids is 1. The molecule has 2 unspecified atom stereocenters. The summed E-state index contributed by atoms with van der Waals surface area (Å²) in [5.74, 6) is -0.00708. The average molecular weight is 229 g/mol. The molecule has 2 fully saturated rings. The van der Waals surface area contributed by atoms with Gasteiger partial charge in [-0.05, 0) is 19.8 Å². The standard InChI is InChI=1S/C11H19NO4/c1-11(3-2-5-16-11)10(14)12-4-6-15-8-9(12)7-13/h9,13H,2-8H2,1H3. The fourth-order valence-corrected chi connectivity index (χ4v) is 2.32. The highest BCUT2D eigenvalue weighted by atomic mass is 16.5. The molecule has 16 heavy (non-hydrogen) atoms. The Labute approximate surface area is 95.3 Å². The molecular weight excluding hydrogens is 210 g/mol. The summed E-state index contributed by atoms with van der Waals surface area (Å²) in [7, 11) is 0. The molecule has 2 heterocycles. The minimum atomic E-state index is -0.690. The zero-order valence-corrected chi connectivity index (χ0v) is 9.65. The summed E-state index contributed by atoms with van der Waals surface area (Å²) in [6.07, 6.45) is 1.69. The molecule has 0 aliphatic carbocycles. The van der Waals surface area contributed by atoms with Gasteiger partial charge in [0.15, 0.2) is 0 Å². The van der Waals surface area contributed by atoms with E-state index in [2.05, 4.69) is 0 Å². The van der Waals surface area contributed by atoms with Gasteiger partial charge in [0.2, 0.25) is 0 Å². The van der Waals surface area contributed by atoms with Crippen molar-refractivity contribution in [1.29, 1.82) is 0 Å². The van der Waals surface area contributed by atoms with Crippen LogP contribution < -0.4 is 0 Å². The molecule has 0 bridgehead atoms. The third kappa shape index (κ3) is 2.07. The van der Waals surface area contributed by atoms with E-state index >= 15 is 0 Å². The van der Waals surface area contributed by atoms with Gasteiger partial charge in [0.05, 0.1) is 25.9 Å². The molecule has 2 rings (SSSR count). The summed E-state index contributed by atoms with van der Waals surface area (Å²) < 4.78 is 10.8. The molecule has 1 amide bonds. The highest BCUT2D eigenvalue weighted by Crippen LogP contribution is 2.28. The van der Waals surface area contributed by atoms with Crippen LogP contribution in [0.5, 0.6) is 0 Å². The SMILES string of the molecule is CC1(C(=O)N2CCOCC2CO)CCCO1. The molecule has 0 aromatic carbocycles. The molecule has 0 spiro atoms. The first-order valence-corrected chi connectivity index (χ1v) is 5.81. The van der Waals surface area contributed by atoms with Crippen LogP contribution in [0.15, 0.2) is 0 Å². The number of ether oxygens (including phenoxy) is 2. The Bertz CT molecular complexity index is 263. The minimum absolute atomic E-state index is 0.00708. The molecule has 5 nitrogen and oxygen atoms in total. The van der Waals surface area contributed by atoms with E-state index in [0.29, 0.717) is 26.4 Å². The summed E-state index contributed by atoms with van der Waals surface area (Å²) >= 11 is 0. The van der Waals surface area contributed by atoms with Crippen LogP contribution in [0.4, 0.5) is 0 Å². The van der Waals surface area contributed by atoms with Crippen molar-refractivity contribution in [2.45, 2.75) is 31.4 Å². The van der Waals surface area contributed by atoms with E-state index in [9.17, 15) is 9.90 Å². The van der Waals surface area contributed by atoms with E-state index in [0.717, 1.165) is 12.8 Å². The van der Waals surface area contributed by atoms with E-state index in [-0.39, 0.29) is 18.6 Å². The molecule has 1 N–H and O–H groups in total. The van der Waals surface area contributed by atoms with Crippen molar-refractivity contribution in [3.05, 3.63) is 0 Å². The van der Waals surface area contributed by atoms with E-state index in [1.165, 1.54) is 0 Å². The Balaban J connectivity index is 2.07. The molecule has 0 aromatic heterocycles. The third-order valence-corrected chi connectivity index (χ3v) is 3.37. The molecule has 2 aliphatic heterocycles. The van der Waals surface area contributed by atoms with Crippen LogP contribution in [0, 0.1) is 0 Å². The largest absolute Gasteiger partial charge is 0.394 e. The fourth-order valence-electron chi connectivity index (χ4n) is 2.32. The first-order valence-electron chi connectivity index (χ1n) is 5.81. The monoisotopic (exact) mass is 229 g/mol. The van der Waals surface area contributed by atoms with Gasteiger partial charge < -0.3 is 19.5 Å². The van der Waals surface area contributed by atoms with E-state index in [4.69, 9.17) is 9.47 Å². The van der Waals surface area contributed by atoms with Crippen LogP contribution in [0.2, 0.25) is 0 Å². The Morgan fingerprint density at radius 1 is 1.56 bits per heavy atom. The fraction of sp³-hybridized carbons (Fsp3) is 0.909. The highest BCUT2D eigenvalue weighted by molar-refractivity contribution is 5.85. The Kier molecular flexibility index (Phi) is 3.47. The molecule has 0 radical (unpaired) electrons. The van der Waals surface area contributed by atoms with E-state index in [1.807, 2.05) is 6.92 Å². The van der Waals surface area contributed by atoms with Crippen LogP contribution in [-0.2, 0) is 14.3 Å². The zero-order chi connectivity index (χ0) is 11.6. The van der Waals surface area contributed by atoms with Crippen molar-refractivity contribution in [3.8, 4) is 0 Å². The molecule has 5 heteroatoms. The summed E-state index contributed by atoms with van der Waals surface area (Å²) in [5.41, 5.74) is -0.690. The van der Waals surface area contributed by atoms with Gasteiger partial charge in [-0.3, -0.25) is 4.79 Å². The lowest BCUT2D eigenvalue weighted by atomic mass is 9.99. The van der Waals surface area contributed by atoms with E-state index < -0.39 is 5.60 Å². The number of nitrogens with zero attached hydrogens (tertiary/aromatic N) is 1. The van der Waals surface area contributed by atoms with E-state index in [1.54, 1.807) is 4.90 Å². The van der Waals surface area contributed by atoms with Gasteiger partial charge in [-0.15, -0.1) is 0 Å². The van der Waals surface area contributed by atoms with Gasteiger partial charge in [0, 0.05) is 13.2 Å². The molecule has 2 atom stereocenters. The van der Waals surface area contributed by atoms with Gasteiger partial charge in [-0.2, -0.15) is 0 Å². The quantitative estimate of drug-likeness (QED) is 0.711. The number of amides is 1. The summed E-state index contributed by atoms with van der Waals surface area (Å²) in [6, 6.07) is -0.220. The number of hydrogen-bond donors (Lipinski definition) is 1. The second-order valence-electron chi connectivity index (χ2n) is 4.59. The Morgan fingerprint density at radius 3 is 3.00 bits per heavy atom. The lowest BCUT2D eigenvalue weighted by Crippen LogP contribution is -2.56. The smallest absolute Gasteiger partial charge is 0.255 e. The van der Waals surface area contributed by atoms with Crippen molar-refractivity contribution >= 4 is 5.91 Å². The van der Waals surface area contributed by atoms with Gasteiger partial charge >= 0.3 is 0 Å². The van der Waals surface area contributed by atoms with Gasteiger partial charge in [0.25, 0.3) is 5.91 Å². The normalized spacial score (nSPS) is 35.4. The number of aliphatic hydroxyl groups excluding tert-OH is 1. The second kappa shape index (κ2) is 4.69. The summed E-state index contributed by atoms with van der Waals surface area (Å²) in [4.78, 5) is 14.0. The number of carbonyl (C=O) groups is 1. The number of rotatable bonds is 2. The summed E-state index contributed by atoms with van der Waals surface area (Å²) in [6.45, 7) is 3.93. The molecule has 0 aromatic rings. The van der Waals surface area contributed by atoms with Crippen LogP contribution in [0.25, 0.3) is 0 Å². The van der Waals surface area contributed by atoms with Crippen molar-refractivity contribution in [2.75, 3.05) is 33.0 Å². The molecule has 0 saturated carbocycles. The van der Waals surface area contributed by atoms with Crippen molar-refractivity contribution in [1.82, 2.24) is 4.90 Å². The number of morpholine rings is 1. The Hall–Kier alpha value is -0.650. The highest BCUT2D eigenvalue weighted by Gasteiger charge is 2.43. The van der Waals surface area contributed by atoms with Crippen molar-refractivity contribution in [2.24, 2.45) is 0 Å². The average Bonchev–Trinajstić information content (AvgIpc) is 2.76. The van der Waals surface area contributed by atoms with Crippen LogP contribution in [0.3, 0.4) is 0 Å². The van der Waals surface area contributed by atoms with Crippen molar-refractivity contribution < 1.29 is 19.4 Å². The minimum Gasteiger partial charge on any atom is -0.394 e. The molecular formula is C11H19NO4. The second-order valence-corrected chi connectivity index (χ2v) is 4.59. The third-order valence-electron chi connectivity index (χ3n) is 3.37. The maximum atomic E-state index is 12.3. The zero-order valence-electron chi connectivity index (χ0n) is 9.65. The van der Waals surface area contributed by atoms with Crippen LogP contribution in [0.1, 0.15) is 19.8 Å². The number of aliphatic hydroxyl groups is 1. The lowest BCUT2D eigenvalue weighted by molar-refractivity contribution is -0.161. The maximum absolute atomic E-state index is 12.3.